The van der Waals surface area contributed by atoms with Crippen LogP contribution in [0.25, 0.3) is 0 Å². The highest BCUT2D eigenvalue weighted by Crippen LogP contribution is 2.40. The van der Waals surface area contributed by atoms with Gasteiger partial charge >= 0.3 is 5.97 Å². The molecule has 0 saturated carbocycles. The summed E-state index contributed by atoms with van der Waals surface area (Å²) in [5.41, 5.74) is 1.30. The highest BCUT2D eigenvalue weighted by Gasteiger charge is 2.32. The van der Waals surface area contributed by atoms with Gasteiger partial charge in [-0.05, 0) is 38.2 Å². The van der Waals surface area contributed by atoms with Crippen molar-refractivity contribution in [2.24, 2.45) is 11.3 Å². The van der Waals surface area contributed by atoms with Crippen molar-refractivity contribution in [2.75, 3.05) is 0 Å². The minimum atomic E-state index is -0.344. The summed E-state index contributed by atoms with van der Waals surface area (Å²) in [7, 11) is 0. The zero-order chi connectivity index (χ0) is 15.6. The van der Waals surface area contributed by atoms with Gasteiger partial charge in [-0.2, -0.15) is 0 Å². The Labute approximate surface area is 126 Å². The van der Waals surface area contributed by atoms with E-state index in [0.29, 0.717) is 24.0 Å². The van der Waals surface area contributed by atoms with Gasteiger partial charge in [0.15, 0.2) is 5.78 Å². The molecule has 1 atom stereocenters. The number of rotatable bonds is 3. The molecule has 0 fully saturated rings. The quantitative estimate of drug-likeness (QED) is 0.580. The summed E-state index contributed by atoms with van der Waals surface area (Å²) in [4.78, 5) is 23.7. The largest absolute Gasteiger partial charge is 0.428 e. The molecule has 2 rings (SSSR count). The van der Waals surface area contributed by atoms with Crippen LogP contribution >= 0.6 is 0 Å². The van der Waals surface area contributed by atoms with Crippen LogP contribution in [0.4, 0.5) is 0 Å². The molecular formula is C18H24O3. The van der Waals surface area contributed by atoms with E-state index in [1.54, 1.807) is 6.92 Å². The van der Waals surface area contributed by atoms with E-state index in [4.69, 9.17) is 4.74 Å². The van der Waals surface area contributed by atoms with Gasteiger partial charge in [-0.25, -0.2) is 4.79 Å². The number of hydrogen-bond donors (Lipinski definition) is 0. The summed E-state index contributed by atoms with van der Waals surface area (Å²) < 4.78 is 5.54. The molecule has 2 aliphatic carbocycles. The second-order valence-electron chi connectivity index (χ2n) is 6.59. The van der Waals surface area contributed by atoms with Gasteiger partial charge in [-0.1, -0.05) is 26.0 Å². The van der Waals surface area contributed by atoms with Crippen molar-refractivity contribution >= 4 is 11.8 Å². The number of esters is 1. The summed E-state index contributed by atoms with van der Waals surface area (Å²) in [6.45, 7) is 8.18. The fourth-order valence-corrected chi connectivity index (χ4v) is 2.95. The third-order valence-corrected chi connectivity index (χ3v) is 4.63. The van der Waals surface area contributed by atoms with E-state index in [1.165, 1.54) is 0 Å². The van der Waals surface area contributed by atoms with Gasteiger partial charge in [0.25, 0.3) is 0 Å². The number of ketones is 1. The first-order chi connectivity index (χ1) is 9.85. The molecule has 0 heterocycles. The Morgan fingerprint density at radius 1 is 1.33 bits per heavy atom. The maximum Gasteiger partial charge on any atom is 0.339 e. The second-order valence-corrected chi connectivity index (χ2v) is 6.59. The summed E-state index contributed by atoms with van der Waals surface area (Å²) in [6, 6.07) is 0. The molecule has 0 radical (unpaired) electrons. The molecule has 0 aromatic rings. The van der Waals surface area contributed by atoms with Crippen molar-refractivity contribution in [1.29, 1.82) is 0 Å². The number of hydrogen-bond acceptors (Lipinski definition) is 3. The molecule has 21 heavy (non-hydrogen) atoms. The third-order valence-electron chi connectivity index (χ3n) is 4.63. The average molecular weight is 288 g/mol. The molecule has 0 aromatic heterocycles. The van der Waals surface area contributed by atoms with Crippen LogP contribution in [-0.2, 0) is 14.3 Å². The molecule has 0 spiro atoms. The molecule has 0 N–H and O–H groups in total. The molecule has 0 saturated heterocycles. The van der Waals surface area contributed by atoms with Gasteiger partial charge in [0.05, 0.1) is 0 Å². The fourth-order valence-electron chi connectivity index (χ4n) is 2.95. The van der Waals surface area contributed by atoms with Crippen molar-refractivity contribution in [1.82, 2.24) is 0 Å². The minimum Gasteiger partial charge on any atom is -0.428 e. The molecule has 2 aliphatic rings. The first-order valence-corrected chi connectivity index (χ1v) is 7.64. The summed E-state index contributed by atoms with van der Waals surface area (Å²) >= 11 is 0. The summed E-state index contributed by atoms with van der Waals surface area (Å²) in [5.74, 6) is 0.734. The number of ether oxygens (including phenoxy) is 1. The number of Topliss-reactive ketones (excluding diaryl/α,β-unsaturated/α-hetero) is 1. The second kappa shape index (κ2) is 6.00. The average Bonchev–Trinajstić information content (AvgIpc) is 2.74. The van der Waals surface area contributed by atoms with E-state index in [2.05, 4.69) is 19.9 Å². The standard InChI is InChI=1S/C18H24O3/c1-5-6-13-11-14(9-10-18(13,3)4)21-17(20)15-7-8-16(19)12(15)2/h5-6,11,13H,7-10H2,1-4H3/b6-5+. The van der Waals surface area contributed by atoms with Crippen molar-refractivity contribution in [3.63, 3.8) is 0 Å². The minimum absolute atomic E-state index is 0.0625. The Morgan fingerprint density at radius 3 is 2.62 bits per heavy atom. The van der Waals surface area contributed by atoms with Gasteiger partial charge in [0.2, 0.25) is 0 Å². The SMILES string of the molecule is C/C=C/C1C=C(OC(=O)C2=C(C)C(=O)CC2)CCC1(C)C. The summed E-state index contributed by atoms with van der Waals surface area (Å²) in [6.07, 6.45) is 8.94. The highest BCUT2D eigenvalue weighted by molar-refractivity contribution is 6.07. The Bertz CT molecular complexity index is 547. The van der Waals surface area contributed by atoms with Crippen molar-refractivity contribution < 1.29 is 14.3 Å². The van der Waals surface area contributed by atoms with Gasteiger partial charge < -0.3 is 4.74 Å². The predicted octanol–water partition coefficient (Wildman–Crippen LogP) is 4.11. The lowest BCUT2D eigenvalue weighted by Crippen LogP contribution is -2.26. The first-order valence-electron chi connectivity index (χ1n) is 7.64. The Kier molecular flexibility index (Phi) is 4.50. The molecular weight excluding hydrogens is 264 g/mol. The lowest BCUT2D eigenvalue weighted by molar-refractivity contribution is -0.135. The van der Waals surface area contributed by atoms with Crippen LogP contribution in [0.1, 0.15) is 53.4 Å². The van der Waals surface area contributed by atoms with E-state index in [1.807, 2.05) is 19.1 Å². The van der Waals surface area contributed by atoms with Gasteiger partial charge in [0, 0.05) is 29.9 Å². The van der Waals surface area contributed by atoms with Gasteiger partial charge in [0.1, 0.15) is 5.76 Å². The molecule has 3 heteroatoms. The van der Waals surface area contributed by atoms with Crippen LogP contribution in [-0.4, -0.2) is 11.8 Å². The van der Waals surface area contributed by atoms with E-state index in [0.717, 1.165) is 18.6 Å². The van der Waals surface area contributed by atoms with Crippen molar-refractivity contribution in [2.45, 2.75) is 53.4 Å². The molecule has 0 bridgehead atoms. The summed E-state index contributed by atoms with van der Waals surface area (Å²) in [5, 5.41) is 0. The number of carbonyl (C=O) groups is 2. The molecule has 0 amide bonds. The normalized spacial score (nSPS) is 25.4. The smallest absolute Gasteiger partial charge is 0.339 e. The topological polar surface area (TPSA) is 43.4 Å². The van der Waals surface area contributed by atoms with E-state index in [9.17, 15) is 9.59 Å². The van der Waals surface area contributed by atoms with Crippen LogP contribution in [0.5, 0.6) is 0 Å². The zero-order valence-corrected chi connectivity index (χ0v) is 13.4. The Morgan fingerprint density at radius 2 is 2.05 bits per heavy atom. The first kappa shape index (κ1) is 15.7. The monoisotopic (exact) mass is 288 g/mol. The van der Waals surface area contributed by atoms with E-state index < -0.39 is 0 Å². The van der Waals surface area contributed by atoms with Crippen molar-refractivity contribution in [3.05, 3.63) is 35.1 Å². The van der Waals surface area contributed by atoms with Crippen molar-refractivity contribution in [3.8, 4) is 0 Å². The van der Waals surface area contributed by atoms with Crippen LogP contribution in [0.2, 0.25) is 0 Å². The zero-order valence-electron chi connectivity index (χ0n) is 13.4. The maximum absolute atomic E-state index is 12.2. The third kappa shape index (κ3) is 3.34. The van der Waals surface area contributed by atoms with Crippen LogP contribution in [0, 0.1) is 11.3 Å². The number of allylic oxidation sites excluding steroid dienone is 5. The predicted molar refractivity (Wildman–Crippen MR) is 82.4 cm³/mol. The molecule has 114 valence electrons. The molecule has 0 aromatic carbocycles. The van der Waals surface area contributed by atoms with Gasteiger partial charge in [-0.3, -0.25) is 4.79 Å². The maximum atomic E-state index is 12.2. The van der Waals surface area contributed by atoms with Crippen LogP contribution in [0.15, 0.2) is 35.1 Å². The van der Waals surface area contributed by atoms with E-state index in [-0.39, 0.29) is 23.1 Å². The van der Waals surface area contributed by atoms with Crippen LogP contribution < -0.4 is 0 Å². The lowest BCUT2D eigenvalue weighted by atomic mass is 9.71. The van der Waals surface area contributed by atoms with Crippen LogP contribution in [0.3, 0.4) is 0 Å². The molecule has 0 aliphatic heterocycles. The Balaban J connectivity index is 2.13. The van der Waals surface area contributed by atoms with Gasteiger partial charge in [-0.15, -0.1) is 0 Å². The molecule has 1 unspecified atom stereocenters. The number of carbonyl (C=O) groups excluding carboxylic acids is 2. The fraction of sp³-hybridized carbons (Fsp3) is 0.556. The van der Waals surface area contributed by atoms with E-state index >= 15 is 0 Å². The Hall–Kier alpha value is -1.64. The highest BCUT2D eigenvalue weighted by atomic mass is 16.5. The molecule has 3 nitrogen and oxygen atoms in total. The lowest BCUT2D eigenvalue weighted by Gasteiger charge is -2.35.